The number of nitro groups is 1. The highest BCUT2D eigenvalue weighted by molar-refractivity contribution is 8.00. The third kappa shape index (κ3) is 5.13. The Bertz CT molecular complexity index is 1020. The van der Waals surface area contributed by atoms with E-state index >= 15 is 0 Å². The van der Waals surface area contributed by atoms with Crippen molar-refractivity contribution in [3.8, 4) is 5.69 Å². The Morgan fingerprint density at radius 1 is 1.21 bits per heavy atom. The summed E-state index contributed by atoms with van der Waals surface area (Å²) in [5, 5.41) is 16.8. The van der Waals surface area contributed by atoms with Crippen LogP contribution in [0.1, 0.15) is 5.56 Å². The van der Waals surface area contributed by atoms with Gasteiger partial charge in [-0.2, -0.15) is 18.3 Å². The number of aromatic nitrogens is 2. The number of nitrogens with one attached hydrogen (secondary N) is 1. The molecule has 1 heterocycles. The second kappa shape index (κ2) is 8.35. The average Bonchev–Trinajstić information content (AvgIpc) is 3.21. The number of halogens is 3. The number of nitrogens with zero attached hydrogens (tertiary/aromatic N) is 3. The molecule has 0 fully saturated rings. The number of non-ortho nitro benzene ring substituents is 1. The lowest BCUT2D eigenvalue weighted by molar-refractivity contribution is -0.384. The van der Waals surface area contributed by atoms with E-state index in [2.05, 4.69) is 10.4 Å². The van der Waals surface area contributed by atoms with E-state index in [1.54, 1.807) is 6.07 Å². The number of hydrogen-bond acceptors (Lipinski definition) is 5. The summed E-state index contributed by atoms with van der Waals surface area (Å²) < 4.78 is 41.6. The van der Waals surface area contributed by atoms with E-state index in [0.717, 1.165) is 17.8 Å². The zero-order valence-electron chi connectivity index (χ0n) is 14.6. The highest BCUT2D eigenvalue weighted by Gasteiger charge is 2.34. The van der Waals surface area contributed by atoms with Crippen molar-refractivity contribution in [3.05, 3.63) is 76.6 Å². The van der Waals surface area contributed by atoms with Gasteiger partial charge in [-0.05, 0) is 36.4 Å². The highest BCUT2D eigenvalue weighted by Crippen LogP contribution is 2.36. The SMILES string of the molecule is O=C(CSc1ccc([N+](=O)[O-])cc1)Nc1ccc(-n2cccn2)cc1C(F)(F)F. The second-order valence-corrected chi connectivity index (χ2v) is 6.81. The maximum atomic E-state index is 13.4. The molecule has 0 radical (unpaired) electrons. The van der Waals surface area contributed by atoms with E-state index in [1.807, 2.05) is 0 Å². The Labute approximate surface area is 166 Å². The van der Waals surface area contributed by atoms with Crippen LogP contribution in [-0.2, 0) is 11.0 Å². The molecule has 0 unspecified atom stereocenters. The van der Waals surface area contributed by atoms with Crippen LogP contribution in [0, 0.1) is 10.1 Å². The molecule has 2 aromatic carbocycles. The molecule has 0 saturated heterocycles. The van der Waals surface area contributed by atoms with Crippen LogP contribution in [0.2, 0.25) is 0 Å². The number of thioether (sulfide) groups is 1. The Hall–Kier alpha value is -3.34. The van der Waals surface area contributed by atoms with Crippen molar-refractivity contribution in [3.63, 3.8) is 0 Å². The van der Waals surface area contributed by atoms with Gasteiger partial charge in [-0.3, -0.25) is 14.9 Å². The number of carbonyl (C=O) groups excluding carboxylic acids is 1. The lowest BCUT2D eigenvalue weighted by atomic mass is 10.1. The number of nitro benzene ring substituents is 1. The Balaban J connectivity index is 1.71. The summed E-state index contributed by atoms with van der Waals surface area (Å²) in [6.07, 6.45) is -1.72. The summed E-state index contributed by atoms with van der Waals surface area (Å²) in [6.45, 7) is 0. The Kier molecular flexibility index (Phi) is 5.87. The van der Waals surface area contributed by atoms with Crippen LogP contribution < -0.4 is 5.32 Å². The number of alkyl halides is 3. The zero-order chi connectivity index (χ0) is 21.0. The maximum Gasteiger partial charge on any atom is 0.418 e. The summed E-state index contributed by atoms with van der Waals surface area (Å²) in [5.74, 6) is -0.790. The number of rotatable bonds is 6. The van der Waals surface area contributed by atoms with E-state index in [4.69, 9.17) is 0 Å². The molecule has 0 aliphatic heterocycles. The fourth-order valence-corrected chi connectivity index (χ4v) is 3.14. The van der Waals surface area contributed by atoms with Crippen molar-refractivity contribution < 1.29 is 22.9 Å². The predicted octanol–water partition coefficient (Wildman–Crippen LogP) is 4.53. The molecule has 3 aromatic rings. The molecule has 0 saturated carbocycles. The first kappa shape index (κ1) is 20.4. The minimum absolute atomic E-state index is 0.0918. The molecule has 29 heavy (non-hydrogen) atoms. The minimum Gasteiger partial charge on any atom is -0.325 e. The smallest absolute Gasteiger partial charge is 0.325 e. The van der Waals surface area contributed by atoms with Crippen molar-refractivity contribution in [2.45, 2.75) is 11.1 Å². The number of hydrogen-bond donors (Lipinski definition) is 1. The molecule has 150 valence electrons. The highest BCUT2D eigenvalue weighted by atomic mass is 32.2. The van der Waals surface area contributed by atoms with E-state index in [9.17, 15) is 28.1 Å². The van der Waals surface area contributed by atoms with Crippen molar-refractivity contribution in [2.75, 3.05) is 11.1 Å². The van der Waals surface area contributed by atoms with Gasteiger partial charge in [0, 0.05) is 29.4 Å². The minimum atomic E-state index is -4.67. The lowest BCUT2D eigenvalue weighted by Gasteiger charge is -2.15. The molecule has 7 nitrogen and oxygen atoms in total. The summed E-state index contributed by atoms with van der Waals surface area (Å²) in [7, 11) is 0. The van der Waals surface area contributed by atoms with Crippen molar-refractivity contribution in [1.82, 2.24) is 9.78 Å². The first-order chi connectivity index (χ1) is 13.7. The van der Waals surface area contributed by atoms with Crippen LogP contribution >= 0.6 is 11.8 Å². The van der Waals surface area contributed by atoms with E-state index in [1.165, 1.54) is 53.5 Å². The third-order valence-corrected chi connectivity index (χ3v) is 4.78. The monoisotopic (exact) mass is 422 g/mol. The van der Waals surface area contributed by atoms with Gasteiger partial charge < -0.3 is 5.32 Å². The number of amides is 1. The number of anilines is 1. The van der Waals surface area contributed by atoms with Crippen LogP contribution in [0.25, 0.3) is 5.69 Å². The van der Waals surface area contributed by atoms with Gasteiger partial charge in [-0.15, -0.1) is 11.8 Å². The molecule has 11 heteroatoms. The van der Waals surface area contributed by atoms with Crippen LogP contribution in [0.15, 0.2) is 65.8 Å². The van der Waals surface area contributed by atoms with E-state index in [-0.39, 0.29) is 22.8 Å². The zero-order valence-corrected chi connectivity index (χ0v) is 15.4. The summed E-state index contributed by atoms with van der Waals surface area (Å²) in [5.41, 5.74) is -1.23. The number of carbonyl (C=O) groups is 1. The molecule has 1 amide bonds. The predicted molar refractivity (Wildman–Crippen MR) is 101 cm³/mol. The average molecular weight is 422 g/mol. The van der Waals surface area contributed by atoms with E-state index in [0.29, 0.717) is 4.90 Å². The fourth-order valence-electron chi connectivity index (χ4n) is 2.44. The van der Waals surface area contributed by atoms with Crippen LogP contribution in [0.3, 0.4) is 0 Å². The van der Waals surface area contributed by atoms with Gasteiger partial charge in [0.1, 0.15) is 0 Å². The van der Waals surface area contributed by atoms with Crippen molar-refractivity contribution >= 4 is 29.0 Å². The summed E-state index contributed by atoms with van der Waals surface area (Å²) in [4.78, 5) is 22.8. The van der Waals surface area contributed by atoms with Gasteiger partial charge in [-0.1, -0.05) is 0 Å². The molecular weight excluding hydrogens is 409 g/mol. The van der Waals surface area contributed by atoms with Gasteiger partial charge in [-0.25, -0.2) is 4.68 Å². The molecule has 1 N–H and O–H groups in total. The van der Waals surface area contributed by atoms with Gasteiger partial charge in [0.25, 0.3) is 5.69 Å². The number of benzene rings is 2. The lowest BCUT2D eigenvalue weighted by Crippen LogP contribution is -2.18. The molecule has 0 bridgehead atoms. The molecule has 0 atom stereocenters. The first-order valence-electron chi connectivity index (χ1n) is 8.12. The maximum absolute atomic E-state index is 13.4. The van der Waals surface area contributed by atoms with Crippen LogP contribution in [0.4, 0.5) is 24.5 Å². The fraction of sp³-hybridized carbons (Fsp3) is 0.111. The normalized spacial score (nSPS) is 11.3. The molecular formula is C18H13F3N4O3S. The van der Waals surface area contributed by atoms with E-state index < -0.39 is 22.6 Å². The molecule has 0 aliphatic carbocycles. The molecule has 0 spiro atoms. The quantitative estimate of drug-likeness (QED) is 0.358. The van der Waals surface area contributed by atoms with Crippen LogP contribution in [0.5, 0.6) is 0 Å². The standard InChI is InChI=1S/C18H13F3N4O3S/c19-18(20,21)15-10-13(24-9-1-8-22-24)4-7-16(15)23-17(26)11-29-14-5-2-12(3-6-14)25(27)28/h1-10H,11H2,(H,23,26). The topological polar surface area (TPSA) is 90.1 Å². The van der Waals surface area contributed by atoms with Gasteiger partial charge in [0.05, 0.1) is 27.6 Å². The molecule has 0 aliphatic rings. The Morgan fingerprint density at radius 2 is 1.93 bits per heavy atom. The van der Waals surface area contributed by atoms with Crippen molar-refractivity contribution in [2.24, 2.45) is 0 Å². The largest absolute Gasteiger partial charge is 0.418 e. The molecule has 1 aromatic heterocycles. The first-order valence-corrected chi connectivity index (χ1v) is 9.11. The van der Waals surface area contributed by atoms with Gasteiger partial charge in [0.2, 0.25) is 5.91 Å². The van der Waals surface area contributed by atoms with Crippen LogP contribution in [-0.4, -0.2) is 26.4 Å². The van der Waals surface area contributed by atoms with Gasteiger partial charge >= 0.3 is 6.18 Å². The third-order valence-electron chi connectivity index (χ3n) is 3.77. The van der Waals surface area contributed by atoms with Gasteiger partial charge in [0.15, 0.2) is 0 Å². The Morgan fingerprint density at radius 3 is 2.52 bits per heavy atom. The second-order valence-electron chi connectivity index (χ2n) is 5.77. The molecule has 3 rings (SSSR count). The summed E-state index contributed by atoms with van der Waals surface area (Å²) in [6, 6.07) is 10.6. The summed E-state index contributed by atoms with van der Waals surface area (Å²) >= 11 is 1.05. The van der Waals surface area contributed by atoms with Crippen molar-refractivity contribution in [1.29, 1.82) is 0 Å².